The first kappa shape index (κ1) is 13.6. The number of hydrogen-bond acceptors (Lipinski definition) is 2. The van der Waals surface area contributed by atoms with Gasteiger partial charge in [-0.3, -0.25) is 4.98 Å². The Kier molecular flexibility index (Phi) is 3.39. The molecule has 1 heterocycles. The summed E-state index contributed by atoms with van der Waals surface area (Å²) in [5.41, 5.74) is 8.50. The number of nitrogens with two attached hydrogens (primary N) is 1. The van der Waals surface area contributed by atoms with E-state index in [4.69, 9.17) is 5.73 Å². The molecule has 0 radical (unpaired) electrons. The summed E-state index contributed by atoms with van der Waals surface area (Å²) in [5, 5.41) is 1.02. The van der Waals surface area contributed by atoms with Gasteiger partial charge >= 0.3 is 0 Å². The third-order valence-electron chi connectivity index (χ3n) is 3.58. The second kappa shape index (κ2) is 5.22. The molecule has 0 aliphatic rings. The van der Waals surface area contributed by atoms with E-state index < -0.39 is 17.7 Å². The highest BCUT2D eigenvalue weighted by Crippen LogP contribution is 2.26. The highest BCUT2D eigenvalue weighted by atomic mass is 19.2. The number of pyridine rings is 1. The monoisotopic (exact) mass is 284 g/mol. The van der Waals surface area contributed by atoms with Crippen molar-refractivity contribution >= 4 is 10.9 Å². The molecular weight excluding hydrogens is 270 g/mol. The lowest BCUT2D eigenvalue weighted by atomic mass is 10.0. The van der Waals surface area contributed by atoms with Crippen LogP contribution in [0.4, 0.5) is 8.78 Å². The predicted octanol–water partition coefficient (Wildman–Crippen LogP) is 3.87. The first-order valence-corrected chi connectivity index (χ1v) is 6.63. The minimum absolute atomic E-state index is 0.109. The van der Waals surface area contributed by atoms with Gasteiger partial charge in [-0.05, 0) is 30.7 Å². The molecule has 106 valence electrons. The smallest absolute Gasteiger partial charge is 0.163 e. The van der Waals surface area contributed by atoms with Gasteiger partial charge in [-0.25, -0.2) is 8.78 Å². The summed E-state index contributed by atoms with van der Waals surface area (Å²) in [4.78, 5) is 4.47. The zero-order valence-electron chi connectivity index (χ0n) is 11.5. The van der Waals surface area contributed by atoms with Crippen LogP contribution in [0.2, 0.25) is 0 Å². The first-order valence-electron chi connectivity index (χ1n) is 6.63. The maximum atomic E-state index is 13.9. The largest absolute Gasteiger partial charge is 0.319 e. The van der Waals surface area contributed by atoms with Gasteiger partial charge in [0.2, 0.25) is 0 Å². The Morgan fingerprint density at radius 3 is 2.62 bits per heavy atom. The van der Waals surface area contributed by atoms with Crippen molar-refractivity contribution in [1.82, 2.24) is 4.98 Å². The second-order valence-electron chi connectivity index (χ2n) is 5.00. The van der Waals surface area contributed by atoms with E-state index in [1.165, 1.54) is 12.1 Å². The third-order valence-corrected chi connectivity index (χ3v) is 3.58. The Morgan fingerprint density at radius 1 is 1.05 bits per heavy atom. The topological polar surface area (TPSA) is 38.9 Å². The molecule has 3 rings (SSSR count). The van der Waals surface area contributed by atoms with Gasteiger partial charge in [-0.1, -0.05) is 30.3 Å². The van der Waals surface area contributed by atoms with Crippen molar-refractivity contribution < 1.29 is 8.78 Å². The van der Waals surface area contributed by atoms with Crippen LogP contribution in [0.25, 0.3) is 10.9 Å². The van der Waals surface area contributed by atoms with Crippen molar-refractivity contribution in [2.45, 2.75) is 13.0 Å². The van der Waals surface area contributed by atoms with E-state index in [0.717, 1.165) is 22.5 Å². The molecule has 2 nitrogen and oxygen atoms in total. The molecule has 0 saturated heterocycles. The number of benzene rings is 2. The molecule has 21 heavy (non-hydrogen) atoms. The van der Waals surface area contributed by atoms with Crippen molar-refractivity contribution in [3.8, 4) is 0 Å². The van der Waals surface area contributed by atoms with Crippen LogP contribution in [0.5, 0.6) is 0 Å². The number of fused-ring (bicyclic) bond motifs is 1. The van der Waals surface area contributed by atoms with Crippen LogP contribution >= 0.6 is 0 Å². The molecule has 3 aromatic rings. The number of halogens is 2. The van der Waals surface area contributed by atoms with Gasteiger partial charge < -0.3 is 5.73 Å². The molecule has 4 heteroatoms. The van der Waals surface area contributed by atoms with Gasteiger partial charge in [-0.15, -0.1) is 0 Å². The van der Waals surface area contributed by atoms with Crippen molar-refractivity contribution in [2.24, 2.45) is 5.73 Å². The summed E-state index contributed by atoms with van der Waals surface area (Å²) in [6.45, 7) is 1.95. The van der Waals surface area contributed by atoms with Crippen LogP contribution in [0.1, 0.15) is 22.9 Å². The summed E-state index contributed by atoms with van der Waals surface area (Å²) in [7, 11) is 0. The van der Waals surface area contributed by atoms with Crippen molar-refractivity contribution in [2.75, 3.05) is 0 Å². The van der Waals surface area contributed by atoms with E-state index in [-0.39, 0.29) is 5.56 Å². The lowest BCUT2D eigenvalue weighted by Crippen LogP contribution is -2.16. The quantitative estimate of drug-likeness (QED) is 0.776. The molecule has 2 aromatic carbocycles. The summed E-state index contributed by atoms with van der Waals surface area (Å²) in [5.74, 6) is -1.82. The zero-order chi connectivity index (χ0) is 15.0. The van der Waals surface area contributed by atoms with E-state index in [0.29, 0.717) is 5.69 Å². The molecule has 0 saturated carbocycles. The average molecular weight is 284 g/mol. The van der Waals surface area contributed by atoms with Crippen LogP contribution in [0.3, 0.4) is 0 Å². The number of rotatable bonds is 2. The summed E-state index contributed by atoms with van der Waals surface area (Å²) < 4.78 is 27.2. The summed E-state index contributed by atoms with van der Waals surface area (Å²) >= 11 is 0. The number of aryl methyl sites for hydroxylation is 1. The Hall–Kier alpha value is -2.33. The fraction of sp³-hybridized carbons (Fsp3) is 0.118. The Labute approximate surface area is 121 Å². The summed E-state index contributed by atoms with van der Waals surface area (Å²) in [6, 6.07) is 12.7. The van der Waals surface area contributed by atoms with Gasteiger partial charge in [-0.2, -0.15) is 0 Å². The lowest BCUT2D eigenvalue weighted by molar-refractivity contribution is 0.494. The molecule has 0 bridgehead atoms. The van der Waals surface area contributed by atoms with Gasteiger partial charge in [0.05, 0.1) is 17.3 Å². The first-order chi connectivity index (χ1) is 10.1. The minimum atomic E-state index is -0.919. The highest BCUT2D eigenvalue weighted by molar-refractivity contribution is 5.82. The Morgan fingerprint density at radius 2 is 1.81 bits per heavy atom. The molecule has 0 aliphatic carbocycles. The molecular formula is C17H14F2N2. The van der Waals surface area contributed by atoms with Crippen molar-refractivity contribution in [3.05, 3.63) is 77.0 Å². The van der Waals surface area contributed by atoms with Gasteiger partial charge in [0.15, 0.2) is 11.6 Å². The van der Waals surface area contributed by atoms with Crippen LogP contribution in [-0.4, -0.2) is 4.98 Å². The fourth-order valence-electron chi connectivity index (χ4n) is 2.45. The highest BCUT2D eigenvalue weighted by Gasteiger charge is 2.18. The van der Waals surface area contributed by atoms with Crippen LogP contribution in [0, 0.1) is 18.6 Å². The number of aromatic nitrogens is 1. The molecule has 0 spiro atoms. The van der Waals surface area contributed by atoms with E-state index in [1.54, 1.807) is 0 Å². The average Bonchev–Trinajstić information content (AvgIpc) is 2.49. The predicted molar refractivity (Wildman–Crippen MR) is 78.9 cm³/mol. The van der Waals surface area contributed by atoms with Gasteiger partial charge in [0.1, 0.15) is 0 Å². The van der Waals surface area contributed by atoms with Crippen LogP contribution in [0.15, 0.2) is 48.5 Å². The molecule has 1 atom stereocenters. The number of para-hydroxylation sites is 1. The third kappa shape index (κ3) is 2.38. The normalized spacial score (nSPS) is 12.6. The Balaban J connectivity index is 2.13. The molecule has 0 fully saturated rings. The zero-order valence-corrected chi connectivity index (χ0v) is 11.5. The second-order valence-corrected chi connectivity index (χ2v) is 5.00. The van der Waals surface area contributed by atoms with Gasteiger partial charge in [0.25, 0.3) is 0 Å². The standard InChI is InChI=1S/C17H14F2N2/c1-10-9-15(21-14-8-3-2-5-11(10)14)17(20)12-6-4-7-13(18)16(12)19/h2-9,17H,20H2,1H3. The number of hydrogen-bond donors (Lipinski definition) is 1. The molecule has 2 N–H and O–H groups in total. The molecule has 1 unspecified atom stereocenters. The fourth-order valence-corrected chi connectivity index (χ4v) is 2.45. The van der Waals surface area contributed by atoms with Crippen LogP contribution in [-0.2, 0) is 0 Å². The van der Waals surface area contributed by atoms with E-state index >= 15 is 0 Å². The molecule has 1 aromatic heterocycles. The number of nitrogens with zero attached hydrogens (tertiary/aromatic N) is 1. The molecule has 0 aliphatic heterocycles. The minimum Gasteiger partial charge on any atom is -0.319 e. The van der Waals surface area contributed by atoms with Crippen LogP contribution < -0.4 is 5.73 Å². The summed E-state index contributed by atoms with van der Waals surface area (Å²) in [6.07, 6.45) is 0. The lowest BCUT2D eigenvalue weighted by Gasteiger charge is -2.15. The van der Waals surface area contributed by atoms with Crippen molar-refractivity contribution in [1.29, 1.82) is 0 Å². The van der Waals surface area contributed by atoms with E-state index in [2.05, 4.69) is 4.98 Å². The maximum Gasteiger partial charge on any atom is 0.163 e. The molecule has 0 amide bonds. The Bertz CT molecular complexity index is 815. The van der Waals surface area contributed by atoms with E-state index in [1.807, 2.05) is 37.3 Å². The SMILES string of the molecule is Cc1cc(C(N)c2cccc(F)c2F)nc2ccccc12. The van der Waals surface area contributed by atoms with E-state index in [9.17, 15) is 8.78 Å². The van der Waals surface area contributed by atoms with Gasteiger partial charge in [0, 0.05) is 10.9 Å². The maximum absolute atomic E-state index is 13.9. The van der Waals surface area contributed by atoms with Crippen molar-refractivity contribution in [3.63, 3.8) is 0 Å².